The molecule has 0 radical (unpaired) electrons. The molecule has 1 aliphatic rings. The first kappa shape index (κ1) is 19.5. The molecule has 2 aromatic carbocycles. The average Bonchev–Trinajstić information content (AvgIpc) is 2.69. The molecular weight excluding hydrogens is 369 g/mol. The van der Waals surface area contributed by atoms with E-state index < -0.39 is 22.1 Å². The predicted octanol–water partition coefficient (Wildman–Crippen LogP) is 3.92. The molecule has 0 aliphatic carbocycles. The molecule has 144 valence electrons. The fraction of sp³-hybridized carbons (Fsp3) is 0.350. The van der Waals surface area contributed by atoms with Crippen LogP contribution in [0.15, 0.2) is 53.4 Å². The van der Waals surface area contributed by atoms with Gasteiger partial charge in [0.25, 0.3) is 0 Å². The number of esters is 1. The summed E-state index contributed by atoms with van der Waals surface area (Å²) in [5.74, 6) is -0.990. The number of carbonyl (C=O) groups is 1. The molecule has 0 N–H and O–H groups in total. The van der Waals surface area contributed by atoms with Crippen molar-refractivity contribution in [1.29, 1.82) is 0 Å². The van der Waals surface area contributed by atoms with Crippen LogP contribution in [0.1, 0.15) is 48.2 Å². The Morgan fingerprint density at radius 3 is 2.41 bits per heavy atom. The summed E-state index contributed by atoms with van der Waals surface area (Å²) in [4.78, 5) is 12.5. The van der Waals surface area contributed by atoms with Gasteiger partial charge in [-0.05, 0) is 55.7 Å². The van der Waals surface area contributed by atoms with Gasteiger partial charge in [-0.25, -0.2) is 17.6 Å². The third-order valence-corrected chi connectivity index (χ3v) is 6.54. The first-order valence-electron chi connectivity index (χ1n) is 8.94. The van der Waals surface area contributed by atoms with E-state index in [9.17, 15) is 17.6 Å². The van der Waals surface area contributed by atoms with Crippen molar-refractivity contribution in [1.82, 2.24) is 4.31 Å². The van der Waals surface area contributed by atoms with Gasteiger partial charge < -0.3 is 4.74 Å². The van der Waals surface area contributed by atoms with Crippen LogP contribution in [0.3, 0.4) is 0 Å². The first-order valence-corrected chi connectivity index (χ1v) is 10.4. The number of halogens is 1. The molecule has 7 heteroatoms. The number of hydrogen-bond acceptors (Lipinski definition) is 4. The molecule has 3 rings (SSSR count). The summed E-state index contributed by atoms with van der Waals surface area (Å²) in [5, 5.41) is 0. The summed E-state index contributed by atoms with van der Waals surface area (Å²) >= 11 is 0. The average molecular weight is 391 g/mol. The summed E-state index contributed by atoms with van der Waals surface area (Å²) in [6, 6.07) is 11.6. The van der Waals surface area contributed by atoms with Gasteiger partial charge in [-0.2, -0.15) is 4.31 Å². The lowest BCUT2D eigenvalue weighted by Gasteiger charge is -2.26. The number of carbonyl (C=O) groups excluding carboxylic acids is 1. The Morgan fingerprint density at radius 1 is 1.07 bits per heavy atom. The third-order valence-electron chi connectivity index (χ3n) is 4.65. The van der Waals surface area contributed by atoms with Crippen LogP contribution in [0.2, 0.25) is 0 Å². The zero-order chi connectivity index (χ0) is 19.4. The second-order valence-corrected chi connectivity index (χ2v) is 8.53. The second kappa shape index (κ2) is 8.19. The van der Waals surface area contributed by atoms with Gasteiger partial charge in [-0.1, -0.05) is 24.6 Å². The van der Waals surface area contributed by atoms with Crippen LogP contribution < -0.4 is 0 Å². The molecule has 0 bridgehead atoms. The molecule has 0 amide bonds. The molecule has 27 heavy (non-hydrogen) atoms. The molecule has 1 heterocycles. The van der Waals surface area contributed by atoms with Crippen molar-refractivity contribution in [2.75, 3.05) is 13.1 Å². The van der Waals surface area contributed by atoms with E-state index in [4.69, 9.17) is 4.74 Å². The van der Waals surface area contributed by atoms with Crippen molar-refractivity contribution < 1.29 is 22.3 Å². The van der Waals surface area contributed by atoms with Gasteiger partial charge >= 0.3 is 5.97 Å². The molecule has 0 unspecified atom stereocenters. The van der Waals surface area contributed by atoms with E-state index in [0.717, 1.165) is 19.3 Å². The van der Waals surface area contributed by atoms with Gasteiger partial charge in [-0.15, -0.1) is 0 Å². The minimum Gasteiger partial charge on any atom is -0.454 e. The van der Waals surface area contributed by atoms with Crippen LogP contribution in [0.25, 0.3) is 0 Å². The fourth-order valence-electron chi connectivity index (χ4n) is 3.07. The van der Waals surface area contributed by atoms with Crippen molar-refractivity contribution >= 4 is 16.0 Å². The molecule has 1 saturated heterocycles. The van der Waals surface area contributed by atoms with E-state index in [1.165, 1.54) is 40.7 Å². The number of sulfonamides is 1. The minimum atomic E-state index is -3.62. The lowest BCUT2D eigenvalue weighted by molar-refractivity contribution is 0.0337. The topological polar surface area (TPSA) is 63.7 Å². The molecule has 2 aromatic rings. The van der Waals surface area contributed by atoms with E-state index >= 15 is 0 Å². The van der Waals surface area contributed by atoms with Gasteiger partial charge in [0.05, 0.1) is 10.5 Å². The van der Waals surface area contributed by atoms with E-state index in [1.54, 1.807) is 19.1 Å². The number of rotatable bonds is 5. The Balaban J connectivity index is 1.76. The summed E-state index contributed by atoms with van der Waals surface area (Å²) in [7, 11) is -3.62. The van der Waals surface area contributed by atoms with Crippen LogP contribution >= 0.6 is 0 Å². The first-order chi connectivity index (χ1) is 12.9. The number of hydrogen-bond donors (Lipinski definition) is 0. The molecule has 0 aromatic heterocycles. The lowest BCUT2D eigenvalue weighted by Crippen LogP contribution is -2.35. The monoisotopic (exact) mass is 391 g/mol. The zero-order valence-corrected chi connectivity index (χ0v) is 15.9. The van der Waals surface area contributed by atoms with Gasteiger partial charge in [-0.3, -0.25) is 0 Å². The van der Waals surface area contributed by atoms with E-state index in [1.807, 2.05) is 0 Å². The maximum Gasteiger partial charge on any atom is 0.338 e. The number of piperidine rings is 1. The minimum absolute atomic E-state index is 0.0910. The van der Waals surface area contributed by atoms with Crippen molar-refractivity contribution in [3.05, 3.63) is 65.5 Å². The van der Waals surface area contributed by atoms with Gasteiger partial charge in [0.1, 0.15) is 11.9 Å². The van der Waals surface area contributed by atoms with Crippen molar-refractivity contribution in [2.45, 2.75) is 37.2 Å². The highest BCUT2D eigenvalue weighted by molar-refractivity contribution is 7.89. The van der Waals surface area contributed by atoms with Crippen molar-refractivity contribution in [3.63, 3.8) is 0 Å². The molecule has 0 spiro atoms. The summed E-state index contributed by atoms with van der Waals surface area (Å²) < 4.78 is 45.4. The molecule has 1 fully saturated rings. The normalized spacial score (nSPS) is 16.7. The lowest BCUT2D eigenvalue weighted by atomic mass is 10.1. The Morgan fingerprint density at radius 2 is 1.74 bits per heavy atom. The maximum absolute atomic E-state index is 13.0. The molecule has 5 nitrogen and oxygen atoms in total. The van der Waals surface area contributed by atoms with Crippen LogP contribution in [0.4, 0.5) is 4.39 Å². The highest BCUT2D eigenvalue weighted by Gasteiger charge is 2.26. The van der Waals surface area contributed by atoms with Gasteiger partial charge in [0.2, 0.25) is 10.0 Å². The molecule has 0 saturated carbocycles. The van der Waals surface area contributed by atoms with Crippen molar-refractivity contribution in [2.24, 2.45) is 0 Å². The number of nitrogens with zero attached hydrogens (tertiary/aromatic N) is 1. The van der Waals surface area contributed by atoms with Gasteiger partial charge in [0.15, 0.2) is 0 Å². The Kier molecular flexibility index (Phi) is 5.92. The molecule has 1 aliphatic heterocycles. The Hall–Kier alpha value is -2.25. The Bertz CT molecular complexity index is 906. The summed E-state index contributed by atoms with van der Waals surface area (Å²) in [6.45, 7) is 2.68. The number of benzene rings is 2. The van der Waals surface area contributed by atoms with Crippen LogP contribution in [-0.4, -0.2) is 31.8 Å². The second-order valence-electron chi connectivity index (χ2n) is 6.59. The number of ether oxygens (including phenoxy) is 1. The van der Waals surface area contributed by atoms with E-state index in [0.29, 0.717) is 18.7 Å². The van der Waals surface area contributed by atoms with Crippen molar-refractivity contribution in [3.8, 4) is 0 Å². The smallest absolute Gasteiger partial charge is 0.338 e. The fourth-order valence-corrected chi connectivity index (χ4v) is 4.63. The largest absolute Gasteiger partial charge is 0.454 e. The molecule has 1 atom stereocenters. The predicted molar refractivity (Wildman–Crippen MR) is 99.3 cm³/mol. The standard InChI is InChI=1S/C20H22FNO4S/c1-15(16-8-10-18(21)11-9-16)26-20(23)17-6-5-7-19(14-17)27(24,25)22-12-3-2-4-13-22/h5-11,14-15H,2-4,12-13H2,1H3/t15-/m1/s1. The summed E-state index contributed by atoms with van der Waals surface area (Å²) in [6.07, 6.45) is 2.13. The highest BCUT2D eigenvalue weighted by Crippen LogP contribution is 2.23. The van der Waals surface area contributed by atoms with Crippen LogP contribution in [0.5, 0.6) is 0 Å². The SMILES string of the molecule is C[C@@H](OC(=O)c1cccc(S(=O)(=O)N2CCCCC2)c1)c1ccc(F)cc1. The zero-order valence-electron chi connectivity index (χ0n) is 15.1. The Labute approximate surface area is 158 Å². The quantitative estimate of drug-likeness (QED) is 0.725. The third kappa shape index (κ3) is 4.54. The van der Waals surface area contributed by atoms with Crippen LogP contribution in [0, 0.1) is 5.82 Å². The maximum atomic E-state index is 13.0. The summed E-state index contributed by atoms with van der Waals surface area (Å²) in [5.41, 5.74) is 0.823. The van der Waals surface area contributed by atoms with E-state index in [-0.39, 0.29) is 16.3 Å². The highest BCUT2D eigenvalue weighted by atomic mass is 32.2. The van der Waals surface area contributed by atoms with E-state index in [2.05, 4.69) is 0 Å². The van der Waals surface area contributed by atoms with Gasteiger partial charge in [0, 0.05) is 13.1 Å². The molecular formula is C20H22FNO4S. The van der Waals surface area contributed by atoms with Crippen LogP contribution in [-0.2, 0) is 14.8 Å².